The fourth-order valence-corrected chi connectivity index (χ4v) is 1.07. The summed E-state index contributed by atoms with van der Waals surface area (Å²) in [5.41, 5.74) is 0. The van der Waals surface area contributed by atoms with Gasteiger partial charge in [0.2, 0.25) is 0 Å². The molecule has 1 fully saturated rings. The van der Waals surface area contributed by atoms with Crippen LogP contribution in [0.3, 0.4) is 0 Å². The van der Waals surface area contributed by atoms with Gasteiger partial charge in [-0.1, -0.05) is 0 Å². The third kappa shape index (κ3) is 1.16. The number of rotatable bonds is 1. The molecule has 0 amide bonds. The molecule has 0 saturated carbocycles. The maximum Gasteiger partial charge on any atom is 0.277 e. The first-order valence-corrected chi connectivity index (χ1v) is 3.11. The van der Waals surface area contributed by atoms with E-state index in [0.717, 1.165) is 4.90 Å². The van der Waals surface area contributed by atoms with Crippen LogP contribution in [0.1, 0.15) is 6.42 Å². The zero-order chi connectivity index (χ0) is 8.48. The summed E-state index contributed by atoms with van der Waals surface area (Å²) in [5, 5.41) is 8.28. The van der Waals surface area contributed by atoms with Crippen LogP contribution in [-0.4, -0.2) is 29.7 Å². The molecule has 0 aromatic carbocycles. The van der Waals surface area contributed by atoms with Gasteiger partial charge in [0.05, 0.1) is 0 Å². The van der Waals surface area contributed by atoms with Crippen molar-refractivity contribution in [3.8, 4) is 6.19 Å². The third-order valence-electron chi connectivity index (χ3n) is 1.71. The van der Waals surface area contributed by atoms with Crippen LogP contribution in [0.15, 0.2) is 0 Å². The molecule has 0 aromatic heterocycles. The van der Waals surface area contributed by atoms with Crippen molar-refractivity contribution in [1.29, 1.82) is 5.26 Å². The summed E-state index contributed by atoms with van der Waals surface area (Å²) in [6.45, 7) is -0.0348. The van der Waals surface area contributed by atoms with Crippen LogP contribution in [0.5, 0.6) is 0 Å². The van der Waals surface area contributed by atoms with Gasteiger partial charge in [0.1, 0.15) is 6.29 Å². The van der Waals surface area contributed by atoms with E-state index in [1.54, 1.807) is 6.19 Å². The van der Waals surface area contributed by atoms with E-state index in [1.165, 1.54) is 0 Å². The van der Waals surface area contributed by atoms with Crippen molar-refractivity contribution in [2.24, 2.45) is 0 Å². The number of aldehydes is 1. The molecular weight excluding hydrogens is 154 g/mol. The molecule has 3 nitrogen and oxygen atoms in total. The van der Waals surface area contributed by atoms with Crippen molar-refractivity contribution in [3.63, 3.8) is 0 Å². The second-order valence-electron chi connectivity index (χ2n) is 2.39. The average Bonchev–Trinajstić information content (AvgIpc) is 2.24. The van der Waals surface area contributed by atoms with Gasteiger partial charge in [-0.3, -0.25) is 4.90 Å². The molecule has 1 heterocycles. The van der Waals surface area contributed by atoms with E-state index in [4.69, 9.17) is 5.26 Å². The van der Waals surface area contributed by atoms with Crippen LogP contribution in [0.25, 0.3) is 0 Å². The number of nitriles is 1. The Labute approximate surface area is 62.2 Å². The Bertz CT molecular complexity index is 211. The second kappa shape index (κ2) is 2.46. The number of alkyl halides is 2. The lowest BCUT2D eigenvalue weighted by molar-refractivity contribution is -0.119. The molecule has 0 aromatic rings. The number of carbonyl (C=O) groups excluding carboxylic acids is 1. The van der Waals surface area contributed by atoms with Gasteiger partial charge in [0, 0.05) is 13.0 Å². The van der Waals surface area contributed by atoms with Crippen LogP contribution in [0.4, 0.5) is 8.78 Å². The summed E-state index contributed by atoms with van der Waals surface area (Å²) in [5.74, 6) is -3.03. The molecule has 0 bridgehead atoms. The smallest absolute Gasteiger partial charge is 0.277 e. The van der Waals surface area contributed by atoms with Gasteiger partial charge in [-0.15, -0.1) is 0 Å². The fourth-order valence-electron chi connectivity index (χ4n) is 1.07. The van der Waals surface area contributed by atoms with Crippen LogP contribution in [-0.2, 0) is 4.79 Å². The van der Waals surface area contributed by atoms with E-state index < -0.39 is 18.4 Å². The summed E-state index contributed by atoms with van der Waals surface area (Å²) < 4.78 is 25.2. The van der Waals surface area contributed by atoms with Gasteiger partial charge < -0.3 is 4.79 Å². The van der Waals surface area contributed by atoms with E-state index in [9.17, 15) is 13.6 Å². The predicted molar refractivity (Wildman–Crippen MR) is 31.7 cm³/mol. The first-order valence-electron chi connectivity index (χ1n) is 3.11. The maximum atomic E-state index is 12.6. The summed E-state index contributed by atoms with van der Waals surface area (Å²) in [6.07, 6.45) is 1.25. The van der Waals surface area contributed by atoms with Crippen molar-refractivity contribution in [3.05, 3.63) is 0 Å². The molecule has 1 rings (SSSR count). The SMILES string of the molecule is N#CN1CCC(F)(F)C1C=O. The first-order chi connectivity index (χ1) is 5.11. The molecular formula is C6H6F2N2O. The highest BCUT2D eigenvalue weighted by Gasteiger charge is 2.48. The second-order valence-corrected chi connectivity index (χ2v) is 2.39. The number of hydrogen-bond donors (Lipinski definition) is 0. The van der Waals surface area contributed by atoms with E-state index in [0.29, 0.717) is 0 Å². The number of halogens is 2. The fraction of sp³-hybridized carbons (Fsp3) is 0.667. The predicted octanol–water partition coefficient (Wildman–Crippen LogP) is 0.376. The maximum absolute atomic E-state index is 12.6. The van der Waals surface area contributed by atoms with E-state index in [1.807, 2.05) is 0 Å². The zero-order valence-corrected chi connectivity index (χ0v) is 5.63. The molecule has 60 valence electrons. The minimum Gasteiger partial charge on any atom is -0.301 e. The summed E-state index contributed by atoms with van der Waals surface area (Å²) in [7, 11) is 0. The molecule has 1 atom stereocenters. The number of nitrogens with zero attached hydrogens (tertiary/aromatic N) is 2. The van der Waals surface area contributed by atoms with E-state index in [2.05, 4.69) is 0 Å². The number of carbonyl (C=O) groups is 1. The van der Waals surface area contributed by atoms with Gasteiger partial charge in [-0.25, -0.2) is 8.78 Å². The molecule has 1 aliphatic heterocycles. The van der Waals surface area contributed by atoms with Gasteiger partial charge in [0.25, 0.3) is 5.92 Å². The van der Waals surface area contributed by atoms with E-state index >= 15 is 0 Å². The van der Waals surface area contributed by atoms with Gasteiger partial charge in [-0.05, 0) is 0 Å². The third-order valence-corrected chi connectivity index (χ3v) is 1.71. The highest BCUT2D eigenvalue weighted by molar-refractivity contribution is 5.60. The van der Waals surface area contributed by atoms with Crippen molar-refractivity contribution in [2.75, 3.05) is 6.54 Å². The Balaban J connectivity index is 2.81. The lowest BCUT2D eigenvalue weighted by Gasteiger charge is -2.16. The van der Waals surface area contributed by atoms with Gasteiger partial charge in [0.15, 0.2) is 12.2 Å². The molecule has 1 unspecified atom stereocenters. The van der Waals surface area contributed by atoms with Crippen molar-refractivity contribution < 1.29 is 13.6 Å². The van der Waals surface area contributed by atoms with Gasteiger partial charge >= 0.3 is 0 Å². The highest BCUT2D eigenvalue weighted by atomic mass is 19.3. The molecule has 5 heteroatoms. The molecule has 0 spiro atoms. The van der Waals surface area contributed by atoms with Crippen LogP contribution >= 0.6 is 0 Å². The standard InChI is InChI=1S/C6H6F2N2O/c7-6(8)1-2-10(4-9)5(6)3-11/h3,5H,1-2H2. The monoisotopic (exact) mass is 160 g/mol. The molecule has 0 radical (unpaired) electrons. The summed E-state index contributed by atoms with van der Waals surface area (Å²) in [4.78, 5) is 10.9. The summed E-state index contributed by atoms with van der Waals surface area (Å²) >= 11 is 0. The topological polar surface area (TPSA) is 44.1 Å². The van der Waals surface area contributed by atoms with Crippen molar-refractivity contribution in [1.82, 2.24) is 4.90 Å². The number of likely N-dealkylation sites (tertiary alicyclic amines) is 1. The molecule has 0 aliphatic carbocycles. The Morgan fingerprint density at radius 2 is 2.36 bits per heavy atom. The normalized spacial score (nSPS) is 28.1. The Morgan fingerprint density at radius 3 is 2.73 bits per heavy atom. The minimum atomic E-state index is -3.03. The van der Waals surface area contributed by atoms with Gasteiger partial charge in [-0.2, -0.15) is 5.26 Å². The first kappa shape index (κ1) is 7.92. The Morgan fingerprint density at radius 1 is 1.73 bits per heavy atom. The Hall–Kier alpha value is -1.18. The van der Waals surface area contributed by atoms with Crippen molar-refractivity contribution >= 4 is 6.29 Å². The highest BCUT2D eigenvalue weighted by Crippen LogP contribution is 2.31. The molecule has 0 N–H and O–H groups in total. The Kier molecular flexibility index (Phi) is 1.77. The zero-order valence-electron chi connectivity index (χ0n) is 5.63. The average molecular weight is 160 g/mol. The van der Waals surface area contributed by atoms with Crippen LogP contribution < -0.4 is 0 Å². The van der Waals surface area contributed by atoms with Crippen molar-refractivity contribution in [2.45, 2.75) is 18.4 Å². The summed E-state index contributed by atoms with van der Waals surface area (Å²) in [6, 6.07) is -1.55. The quantitative estimate of drug-likeness (QED) is 0.411. The van der Waals surface area contributed by atoms with Crippen LogP contribution in [0.2, 0.25) is 0 Å². The number of hydrogen-bond acceptors (Lipinski definition) is 3. The molecule has 11 heavy (non-hydrogen) atoms. The van der Waals surface area contributed by atoms with E-state index in [-0.39, 0.29) is 12.8 Å². The largest absolute Gasteiger partial charge is 0.301 e. The lowest BCUT2D eigenvalue weighted by atomic mass is 10.2. The van der Waals surface area contributed by atoms with Crippen LogP contribution in [0, 0.1) is 11.5 Å². The molecule has 1 saturated heterocycles. The molecule has 1 aliphatic rings. The lowest BCUT2D eigenvalue weighted by Crippen LogP contribution is -2.37. The minimum absolute atomic E-state index is 0.0348.